The third kappa shape index (κ3) is 8.08. The highest BCUT2D eigenvalue weighted by molar-refractivity contribution is 7.90. The second-order valence-electron chi connectivity index (χ2n) is 9.92. The van der Waals surface area contributed by atoms with Gasteiger partial charge in [-0.1, -0.05) is 0 Å². The van der Waals surface area contributed by atoms with E-state index >= 15 is 0 Å². The van der Waals surface area contributed by atoms with Crippen molar-refractivity contribution >= 4 is 33.7 Å². The molecule has 0 saturated heterocycles. The molecule has 1 fully saturated rings. The number of alkyl carbamates (subject to hydrolysis) is 1. The summed E-state index contributed by atoms with van der Waals surface area (Å²) < 4.78 is 37.2. The van der Waals surface area contributed by atoms with Gasteiger partial charge in [0, 0.05) is 17.6 Å². The van der Waals surface area contributed by atoms with Gasteiger partial charge in [0.15, 0.2) is 0 Å². The SMILES string of the molecule is CC(C)NC(=O)O[C@H]1CC[C@@H](c2cnc(Nc3ccc(S(=O)(=O)NC(=O)OC(C)(C)C)cc3)cn2)C1. The van der Waals surface area contributed by atoms with Crippen LogP contribution >= 0.6 is 0 Å². The summed E-state index contributed by atoms with van der Waals surface area (Å²) in [6.07, 6.45) is 4.02. The molecule has 0 bridgehead atoms. The lowest BCUT2D eigenvalue weighted by atomic mass is 10.0. The van der Waals surface area contributed by atoms with Gasteiger partial charge in [-0.25, -0.2) is 27.7 Å². The average Bonchev–Trinajstić information content (AvgIpc) is 3.20. The van der Waals surface area contributed by atoms with E-state index in [1.54, 1.807) is 45.3 Å². The fourth-order valence-corrected chi connectivity index (χ4v) is 4.56. The number of nitrogens with zero attached hydrogens (tertiary/aromatic N) is 2. The van der Waals surface area contributed by atoms with Crippen LogP contribution in [-0.2, 0) is 19.5 Å². The van der Waals surface area contributed by atoms with Crippen LogP contribution in [0.5, 0.6) is 0 Å². The molecule has 1 aliphatic rings. The summed E-state index contributed by atoms with van der Waals surface area (Å²) in [4.78, 5) is 32.5. The van der Waals surface area contributed by atoms with Crippen molar-refractivity contribution in [2.45, 2.75) is 82.4 Å². The fraction of sp³-hybridized carbons (Fsp3) is 0.500. The molecule has 0 radical (unpaired) electrons. The van der Waals surface area contributed by atoms with E-state index in [2.05, 4.69) is 20.6 Å². The highest BCUT2D eigenvalue weighted by Gasteiger charge is 2.30. The number of benzene rings is 1. The normalized spacial score (nSPS) is 17.9. The Morgan fingerprint density at radius 2 is 1.72 bits per heavy atom. The van der Waals surface area contributed by atoms with Gasteiger partial charge >= 0.3 is 12.2 Å². The molecule has 12 heteroatoms. The predicted octanol–water partition coefficient (Wildman–Crippen LogP) is 4.20. The molecular weight excluding hydrogens is 486 g/mol. The molecular formula is C24H33N5O6S. The maximum atomic E-state index is 12.4. The van der Waals surface area contributed by atoms with Crippen molar-refractivity contribution in [1.82, 2.24) is 20.0 Å². The van der Waals surface area contributed by atoms with Gasteiger partial charge in [0.1, 0.15) is 17.5 Å². The summed E-state index contributed by atoms with van der Waals surface area (Å²) in [5.41, 5.74) is 0.602. The second kappa shape index (κ2) is 11.1. The van der Waals surface area contributed by atoms with Gasteiger partial charge in [-0.3, -0.25) is 4.98 Å². The Morgan fingerprint density at radius 3 is 2.31 bits per heavy atom. The van der Waals surface area contributed by atoms with E-state index < -0.39 is 27.8 Å². The van der Waals surface area contributed by atoms with Crippen molar-refractivity contribution in [1.29, 1.82) is 0 Å². The minimum Gasteiger partial charge on any atom is -0.446 e. The fourth-order valence-electron chi connectivity index (χ4n) is 3.68. The van der Waals surface area contributed by atoms with Crippen molar-refractivity contribution in [3.05, 3.63) is 42.4 Å². The highest BCUT2D eigenvalue weighted by Crippen LogP contribution is 2.35. The zero-order valence-corrected chi connectivity index (χ0v) is 21.9. The molecule has 1 aromatic heterocycles. The van der Waals surface area contributed by atoms with Crippen LogP contribution in [0.15, 0.2) is 41.6 Å². The first-order valence-corrected chi connectivity index (χ1v) is 13.2. The van der Waals surface area contributed by atoms with E-state index in [9.17, 15) is 18.0 Å². The number of hydrogen-bond donors (Lipinski definition) is 3. The topological polar surface area (TPSA) is 149 Å². The molecule has 2 atom stereocenters. The second-order valence-corrected chi connectivity index (χ2v) is 11.6. The molecule has 196 valence electrons. The van der Waals surface area contributed by atoms with Crippen LogP contribution in [0.3, 0.4) is 0 Å². The molecule has 0 unspecified atom stereocenters. The number of rotatable bonds is 7. The number of sulfonamides is 1. The van der Waals surface area contributed by atoms with Crippen molar-refractivity contribution in [3.8, 4) is 0 Å². The number of nitrogens with one attached hydrogen (secondary N) is 3. The summed E-state index contributed by atoms with van der Waals surface area (Å²) >= 11 is 0. The molecule has 1 aliphatic carbocycles. The zero-order valence-electron chi connectivity index (χ0n) is 21.1. The molecule has 11 nitrogen and oxygen atoms in total. The Kier molecular flexibility index (Phi) is 8.39. The summed E-state index contributed by atoms with van der Waals surface area (Å²) in [5, 5.41) is 5.80. The zero-order chi connectivity index (χ0) is 26.5. The molecule has 3 N–H and O–H groups in total. The van der Waals surface area contributed by atoms with Gasteiger partial charge in [-0.2, -0.15) is 0 Å². The van der Waals surface area contributed by atoms with Gasteiger partial charge in [0.05, 0.1) is 23.0 Å². The summed E-state index contributed by atoms with van der Waals surface area (Å²) in [6.45, 7) is 8.68. The molecule has 1 aromatic carbocycles. The van der Waals surface area contributed by atoms with Crippen molar-refractivity contribution < 1.29 is 27.5 Å². The third-order valence-corrected chi connectivity index (χ3v) is 6.54. The van der Waals surface area contributed by atoms with E-state index in [0.29, 0.717) is 17.9 Å². The molecule has 2 amide bonds. The quantitative estimate of drug-likeness (QED) is 0.489. The van der Waals surface area contributed by atoms with Crippen LogP contribution in [0.1, 0.15) is 65.5 Å². The van der Waals surface area contributed by atoms with Gasteiger partial charge < -0.3 is 20.1 Å². The van der Waals surface area contributed by atoms with Crippen LogP contribution in [-0.4, -0.2) is 48.3 Å². The first-order valence-electron chi connectivity index (χ1n) is 11.7. The van der Waals surface area contributed by atoms with Crippen LogP contribution in [0.4, 0.5) is 21.1 Å². The Balaban J connectivity index is 1.55. The summed E-state index contributed by atoms with van der Waals surface area (Å²) in [6, 6.07) is 5.87. The highest BCUT2D eigenvalue weighted by atomic mass is 32.2. The lowest BCUT2D eigenvalue weighted by molar-refractivity contribution is 0.0570. The van der Waals surface area contributed by atoms with Gasteiger partial charge in [0.25, 0.3) is 10.0 Å². The van der Waals surface area contributed by atoms with Gasteiger partial charge in [0.2, 0.25) is 0 Å². The molecule has 1 saturated carbocycles. The Morgan fingerprint density at radius 1 is 1.03 bits per heavy atom. The summed E-state index contributed by atoms with van der Waals surface area (Å²) in [7, 11) is -4.07. The molecule has 36 heavy (non-hydrogen) atoms. The number of anilines is 2. The van der Waals surface area contributed by atoms with Crippen LogP contribution in [0.25, 0.3) is 0 Å². The molecule has 3 rings (SSSR count). The molecule has 1 heterocycles. The number of hydrogen-bond acceptors (Lipinski definition) is 9. The van der Waals surface area contributed by atoms with Crippen molar-refractivity contribution in [3.63, 3.8) is 0 Å². The monoisotopic (exact) mass is 519 g/mol. The minimum absolute atomic E-state index is 0.0233. The van der Waals surface area contributed by atoms with Crippen LogP contribution < -0.4 is 15.4 Å². The van der Waals surface area contributed by atoms with E-state index in [0.717, 1.165) is 18.5 Å². The number of carbonyl (C=O) groups excluding carboxylic acids is 2. The Hall–Kier alpha value is -3.41. The molecule has 0 spiro atoms. The number of amides is 2. The minimum atomic E-state index is -4.07. The average molecular weight is 520 g/mol. The lowest BCUT2D eigenvalue weighted by Crippen LogP contribution is -2.36. The molecule has 2 aromatic rings. The first-order chi connectivity index (χ1) is 16.8. The lowest BCUT2D eigenvalue weighted by Gasteiger charge is -2.19. The van der Waals surface area contributed by atoms with Crippen LogP contribution in [0, 0.1) is 0 Å². The predicted molar refractivity (Wildman–Crippen MR) is 133 cm³/mol. The van der Waals surface area contributed by atoms with Crippen molar-refractivity contribution in [2.75, 3.05) is 5.32 Å². The number of carbonyl (C=O) groups is 2. The standard InChI is InChI=1S/C24H33N5O6S/c1-15(2)27-22(30)34-18-9-6-16(12-18)20-13-26-21(14-25-20)28-17-7-10-19(11-8-17)36(32,33)29-23(31)35-24(3,4)5/h7-8,10-11,13-16,18H,6,9,12H2,1-5H3,(H,26,28)(H,27,30)(H,29,31)/t16-,18+/m1/s1. The maximum absolute atomic E-state index is 12.4. The largest absolute Gasteiger partial charge is 0.446 e. The van der Waals surface area contributed by atoms with E-state index in [4.69, 9.17) is 9.47 Å². The van der Waals surface area contributed by atoms with E-state index in [1.807, 2.05) is 18.6 Å². The number of aromatic nitrogens is 2. The van der Waals surface area contributed by atoms with Crippen LogP contribution in [0.2, 0.25) is 0 Å². The molecule has 0 aliphatic heterocycles. The Labute approximate surface area is 211 Å². The van der Waals surface area contributed by atoms with Gasteiger partial charge in [-0.15, -0.1) is 0 Å². The third-order valence-electron chi connectivity index (χ3n) is 5.21. The van der Waals surface area contributed by atoms with Gasteiger partial charge in [-0.05, 0) is 78.1 Å². The number of ether oxygens (including phenoxy) is 2. The van der Waals surface area contributed by atoms with E-state index in [1.165, 1.54) is 12.1 Å². The maximum Gasteiger partial charge on any atom is 0.421 e. The Bertz CT molecular complexity index is 1160. The smallest absolute Gasteiger partial charge is 0.421 e. The first kappa shape index (κ1) is 27.2. The van der Waals surface area contributed by atoms with E-state index in [-0.39, 0.29) is 23.0 Å². The summed E-state index contributed by atoms with van der Waals surface area (Å²) in [5.74, 6) is 0.647. The van der Waals surface area contributed by atoms with Crippen molar-refractivity contribution in [2.24, 2.45) is 0 Å².